The first-order valence-corrected chi connectivity index (χ1v) is 18.4. The Labute approximate surface area is 294 Å². The van der Waals surface area contributed by atoms with Crippen LogP contribution in [0.3, 0.4) is 0 Å². The highest BCUT2D eigenvalue weighted by Gasteiger charge is 2.34. The molecule has 0 saturated carbocycles. The molecule has 0 aliphatic carbocycles. The Bertz CT molecular complexity index is 834. The van der Waals surface area contributed by atoms with Gasteiger partial charge in [0.25, 0.3) is 0 Å². The van der Waals surface area contributed by atoms with Crippen LogP contribution in [0.5, 0.6) is 0 Å². The molecule has 0 unspecified atom stereocenters. The zero-order valence-electron chi connectivity index (χ0n) is 33.1. The van der Waals surface area contributed by atoms with Crippen LogP contribution in [-0.4, -0.2) is 122 Å². The number of rotatable bonds is 30. The lowest BCUT2D eigenvalue weighted by molar-refractivity contribution is -0.141. The normalized spacial score (nSPS) is 13.1. The van der Waals surface area contributed by atoms with Crippen molar-refractivity contribution in [3.8, 4) is 0 Å². The third-order valence-electron chi connectivity index (χ3n) is 8.92. The van der Waals surface area contributed by atoms with Gasteiger partial charge in [0.05, 0.1) is 0 Å². The molecule has 0 aromatic rings. The van der Waals surface area contributed by atoms with Crippen molar-refractivity contribution in [3.05, 3.63) is 0 Å². The maximum Gasteiger partial charge on any atom is 0.165 e. The number of Topliss-reactive ketones (excluding diaryl/α,β-unsaturated/α-hetero) is 4. The summed E-state index contributed by atoms with van der Waals surface area (Å²) in [4.78, 5) is 57.6. The summed E-state index contributed by atoms with van der Waals surface area (Å²) >= 11 is 0. The number of nitrogens with zero attached hydrogens (tertiary/aromatic N) is 2. The number of hydrogen-bond acceptors (Lipinski definition) is 10. The van der Waals surface area contributed by atoms with Gasteiger partial charge < -0.3 is 18.9 Å². The van der Waals surface area contributed by atoms with Crippen LogP contribution in [0, 0.1) is 0 Å². The molecule has 0 amide bonds. The van der Waals surface area contributed by atoms with E-state index in [0.29, 0.717) is 52.6 Å². The van der Waals surface area contributed by atoms with Gasteiger partial charge in [-0.15, -0.1) is 0 Å². The van der Waals surface area contributed by atoms with Crippen molar-refractivity contribution in [1.29, 1.82) is 0 Å². The fourth-order valence-corrected chi connectivity index (χ4v) is 5.14. The summed E-state index contributed by atoms with van der Waals surface area (Å²) in [6.45, 7) is 25.9. The van der Waals surface area contributed by atoms with Crippen molar-refractivity contribution in [2.24, 2.45) is 0 Å². The van der Waals surface area contributed by atoms with Crippen LogP contribution in [0.15, 0.2) is 0 Å². The molecule has 0 saturated heterocycles. The summed E-state index contributed by atoms with van der Waals surface area (Å²) in [7, 11) is 2.01. The second-order valence-electron chi connectivity index (χ2n) is 14.8. The van der Waals surface area contributed by atoms with Gasteiger partial charge in [0.1, 0.15) is 30.3 Å². The highest BCUT2D eigenvalue weighted by molar-refractivity contribution is 6.11. The number of ketones is 4. The quantitative estimate of drug-likeness (QED) is 0.0744. The molecule has 0 spiro atoms. The molecule has 10 nitrogen and oxygen atoms in total. The van der Waals surface area contributed by atoms with E-state index in [9.17, 15) is 19.2 Å². The smallest absolute Gasteiger partial charge is 0.165 e. The predicted octanol–water partition coefficient (Wildman–Crippen LogP) is 5.16. The standard InChI is InChI=1S/C37H71BN2O8/c1-13-25-45-34(5,6)29(41)17-21-39(22-18-30(42)35(7,8)46-26-14-2)33(38)40(23-19-31(43)36(9,10)47-27-15-3)24-20-32(44)37(11,12)48-28-16-4/h33H,13-28,38H2,1-12H3. The van der Waals surface area contributed by atoms with Crippen molar-refractivity contribution in [1.82, 2.24) is 9.80 Å². The second kappa shape index (κ2) is 22.3. The number of ether oxygens (including phenoxy) is 4. The van der Waals surface area contributed by atoms with E-state index in [2.05, 4.69) is 9.80 Å². The Morgan fingerprint density at radius 2 is 0.646 bits per heavy atom. The molecular weight excluding hydrogens is 611 g/mol. The van der Waals surface area contributed by atoms with Crippen molar-refractivity contribution in [3.63, 3.8) is 0 Å². The van der Waals surface area contributed by atoms with Gasteiger partial charge in [-0.1, -0.05) is 27.7 Å². The van der Waals surface area contributed by atoms with E-state index in [1.807, 2.05) is 35.5 Å². The zero-order chi connectivity index (χ0) is 37.2. The molecule has 280 valence electrons. The van der Waals surface area contributed by atoms with Crippen LogP contribution in [0.2, 0.25) is 0 Å². The minimum Gasteiger partial charge on any atom is -0.368 e. The van der Waals surface area contributed by atoms with E-state index in [4.69, 9.17) is 18.9 Å². The molecular formula is C37H71BN2O8. The predicted molar refractivity (Wildman–Crippen MR) is 195 cm³/mol. The number of carbonyl (C=O) groups is 4. The molecule has 0 aromatic heterocycles. The van der Waals surface area contributed by atoms with E-state index >= 15 is 0 Å². The lowest BCUT2D eigenvalue weighted by Crippen LogP contribution is -2.53. The van der Waals surface area contributed by atoms with Crippen molar-refractivity contribution in [2.75, 3.05) is 52.6 Å². The molecule has 0 rings (SSSR count). The molecule has 48 heavy (non-hydrogen) atoms. The van der Waals surface area contributed by atoms with E-state index in [0.717, 1.165) is 25.7 Å². The van der Waals surface area contributed by atoms with Crippen molar-refractivity contribution < 1.29 is 38.1 Å². The summed E-state index contributed by atoms with van der Waals surface area (Å²) in [5, 5.41) is 0. The van der Waals surface area contributed by atoms with Gasteiger partial charge in [-0.3, -0.25) is 29.0 Å². The van der Waals surface area contributed by atoms with Crippen molar-refractivity contribution in [2.45, 2.75) is 163 Å². The molecule has 0 aromatic carbocycles. The SMILES string of the molecule is BC(N(CCC(=O)C(C)(C)OCCC)CCC(=O)C(C)(C)OCCC)N(CCC(=O)C(C)(C)OCCC)CCC(=O)C(C)(C)OCCC. The summed E-state index contributed by atoms with van der Waals surface area (Å²) in [6.07, 6.45) is 4.16. The third-order valence-corrected chi connectivity index (χ3v) is 8.92. The third kappa shape index (κ3) is 16.9. The summed E-state index contributed by atoms with van der Waals surface area (Å²) < 4.78 is 23.5. The highest BCUT2D eigenvalue weighted by atomic mass is 16.5. The van der Waals surface area contributed by atoms with Gasteiger partial charge in [0, 0.05) is 84.4 Å². The Morgan fingerprint density at radius 3 is 0.812 bits per heavy atom. The zero-order valence-corrected chi connectivity index (χ0v) is 33.1. The lowest BCUT2D eigenvalue weighted by Gasteiger charge is -2.39. The minimum atomic E-state index is -0.927. The maximum absolute atomic E-state index is 13.3. The maximum atomic E-state index is 13.3. The topological polar surface area (TPSA) is 112 Å². The summed E-state index contributed by atoms with van der Waals surface area (Å²) in [6, 6.07) is -0.287. The minimum absolute atomic E-state index is 0.0207. The molecule has 0 bridgehead atoms. The van der Waals surface area contributed by atoms with Gasteiger partial charge >= 0.3 is 0 Å². The number of hydrogen-bond donors (Lipinski definition) is 0. The van der Waals surface area contributed by atoms with Crippen LogP contribution in [0.1, 0.15) is 134 Å². The van der Waals surface area contributed by atoms with Crippen LogP contribution in [0.4, 0.5) is 0 Å². The van der Waals surface area contributed by atoms with E-state index in [1.54, 1.807) is 55.4 Å². The first-order chi connectivity index (χ1) is 22.2. The van der Waals surface area contributed by atoms with E-state index in [1.165, 1.54) is 0 Å². The molecule has 11 heteroatoms. The Morgan fingerprint density at radius 1 is 0.458 bits per heavy atom. The van der Waals surface area contributed by atoms with Crippen LogP contribution in [0.25, 0.3) is 0 Å². The van der Waals surface area contributed by atoms with Crippen LogP contribution in [-0.2, 0) is 38.1 Å². The monoisotopic (exact) mass is 683 g/mol. The fraction of sp³-hybridized carbons (Fsp3) is 0.892. The second-order valence-corrected chi connectivity index (χ2v) is 14.8. The van der Waals surface area contributed by atoms with Crippen molar-refractivity contribution >= 4 is 31.0 Å². The molecule has 0 radical (unpaired) electrons. The van der Waals surface area contributed by atoms with E-state index in [-0.39, 0.29) is 54.9 Å². The molecule has 0 heterocycles. The first kappa shape index (κ1) is 46.5. The number of carbonyl (C=O) groups excluding carboxylic acids is 4. The molecule has 0 aliphatic heterocycles. The molecule has 0 N–H and O–H groups in total. The van der Waals surface area contributed by atoms with Gasteiger partial charge in [-0.05, 0) is 81.1 Å². The van der Waals surface area contributed by atoms with Crippen LogP contribution < -0.4 is 0 Å². The molecule has 0 aliphatic rings. The summed E-state index contributed by atoms with van der Waals surface area (Å²) in [5.74, 6) is -0.0828. The Hall–Kier alpha value is -1.50. The van der Waals surface area contributed by atoms with Crippen LogP contribution >= 0.6 is 0 Å². The van der Waals surface area contributed by atoms with Gasteiger partial charge in [0.2, 0.25) is 0 Å². The fourth-order valence-electron chi connectivity index (χ4n) is 5.14. The van der Waals surface area contributed by atoms with Gasteiger partial charge in [-0.25, -0.2) is 0 Å². The largest absolute Gasteiger partial charge is 0.368 e. The van der Waals surface area contributed by atoms with Gasteiger partial charge in [0.15, 0.2) is 23.1 Å². The average Bonchev–Trinajstić information content (AvgIpc) is 3.03. The van der Waals surface area contributed by atoms with E-state index < -0.39 is 22.4 Å². The average molecular weight is 683 g/mol. The highest BCUT2D eigenvalue weighted by Crippen LogP contribution is 2.20. The Balaban J connectivity index is 6.29. The summed E-state index contributed by atoms with van der Waals surface area (Å²) in [5.41, 5.74) is -3.71. The molecule has 0 fully saturated rings. The Kier molecular flexibility index (Phi) is 21.7. The molecule has 0 atom stereocenters. The lowest BCUT2D eigenvalue weighted by atomic mass is 9.94. The first-order valence-electron chi connectivity index (χ1n) is 18.4. The van der Waals surface area contributed by atoms with Gasteiger partial charge in [-0.2, -0.15) is 0 Å².